The highest BCUT2D eigenvalue weighted by Crippen LogP contribution is 2.27. The highest BCUT2D eigenvalue weighted by atomic mass is 35.5. The molecule has 1 aromatic heterocycles. The summed E-state index contributed by atoms with van der Waals surface area (Å²) in [6.45, 7) is 0.177. The van der Waals surface area contributed by atoms with E-state index in [4.69, 9.17) is 17.3 Å². The summed E-state index contributed by atoms with van der Waals surface area (Å²) in [4.78, 5) is 2.67. The lowest BCUT2D eigenvalue weighted by Gasteiger charge is -2.08. The molecule has 0 saturated heterocycles. The zero-order valence-electron chi connectivity index (χ0n) is 9.65. The van der Waals surface area contributed by atoms with E-state index >= 15 is 0 Å². The number of nitrogens with one attached hydrogen (secondary N) is 2. The van der Waals surface area contributed by atoms with Crippen molar-refractivity contribution in [1.82, 2.24) is 4.98 Å². The molecule has 0 aliphatic rings. The van der Waals surface area contributed by atoms with Crippen molar-refractivity contribution in [2.75, 3.05) is 4.72 Å². The van der Waals surface area contributed by atoms with Gasteiger partial charge in [-0.1, -0.05) is 17.7 Å². The van der Waals surface area contributed by atoms with Gasteiger partial charge in [-0.3, -0.25) is 4.72 Å². The summed E-state index contributed by atoms with van der Waals surface area (Å²) in [5.41, 5.74) is 5.66. The number of aromatic amines is 1. The predicted molar refractivity (Wildman–Crippen MR) is 70.9 cm³/mol. The first-order valence-electron chi connectivity index (χ1n) is 5.28. The van der Waals surface area contributed by atoms with Gasteiger partial charge in [0, 0.05) is 18.4 Å². The van der Waals surface area contributed by atoms with Crippen molar-refractivity contribution in [2.45, 2.75) is 11.4 Å². The van der Waals surface area contributed by atoms with Crippen LogP contribution in [-0.2, 0) is 16.6 Å². The number of hydrogen-bond donors (Lipinski definition) is 3. The zero-order chi connectivity index (χ0) is 14.0. The molecule has 102 valence electrons. The maximum atomic E-state index is 13.5. The predicted octanol–water partition coefficient (Wildman–Crippen LogP) is 2.07. The number of nitrogens with two attached hydrogens (primary N) is 1. The third-order valence-corrected chi connectivity index (χ3v) is 4.09. The number of sulfonamides is 1. The highest BCUT2D eigenvalue weighted by Gasteiger charge is 2.19. The molecule has 5 nitrogen and oxygen atoms in total. The number of rotatable bonds is 4. The number of aromatic nitrogens is 1. The van der Waals surface area contributed by atoms with Crippen LogP contribution in [0.4, 0.5) is 10.1 Å². The first-order valence-corrected chi connectivity index (χ1v) is 7.14. The molecule has 1 aromatic carbocycles. The third kappa shape index (κ3) is 2.89. The maximum Gasteiger partial charge on any atom is 0.263 e. The highest BCUT2D eigenvalue weighted by molar-refractivity contribution is 7.92. The van der Waals surface area contributed by atoms with Gasteiger partial charge in [0.05, 0.1) is 5.02 Å². The Kier molecular flexibility index (Phi) is 3.79. The van der Waals surface area contributed by atoms with Crippen LogP contribution < -0.4 is 10.5 Å². The number of hydrogen-bond acceptors (Lipinski definition) is 3. The standard InChI is InChI=1S/C11H11ClFN3O2S/c12-9-2-1-3-10(13)11(9)16-19(17,18)8-4-7(5-14)15-6-8/h1-4,6,15-16H,5,14H2. The van der Waals surface area contributed by atoms with Crippen molar-refractivity contribution in [2.24, 2.45) is 5.73 Å². The molecule has 0 radical (unpaired) electrons. The molecule has 4 N–H and O–H groups in total. The van der Waals surface area contributed by atoms with Crippen molar-refractivity contribution in [1.29, 1.82) is 0 Å². The molecule has 8 heteroatoms. The van der Waals surface area contributed by atoms with E-state index in [2.05, 4.69) is 9.71 Å². The fourth-order valence-electron chi connectivity index (χ4n) is 1.48. The van der Waals surface area contributed by atoms with Crippen LogP contribution in [0, 0.1) is 5.82 Å². The van der Waals surface area contributed by atoms with Crippen LogP contribution in [-0.4, -0.2) is 13.4 Å². The molecule has 2 aromatic rings. The van der Waals surface area contributed by atoms with E-state index in [1.54, 1.807) is 0 Å². The van der Waals surface area contributed by atoms with Crippen LogP contribution in [0.5, 0.6) is 0 Å². The second-order valence-electron chi connectivity index (χ2n) is 3.77. The second kappa shape index (κ2) is 5.20. The van der Waals surface area contributed by atoms with Gasteiger partial charge in [0.15, 0.2) is 0 Å². The Labute approximate surface area is 114 Å². The molecule has 0 aliphatic carbocycles. The molecule has 0 saturated carbocycles. The average molecular weight is 304 g/mol. The fraction of sp³-hybridized carbons (Fsp3) is 0.0909. The van der Waals surface area contributed by atoms with E-state index in [0.29, 0.717) is 5.69 Å². The Morgan fingerprint density at radius 1 is 1.42 bits per heavy atom. The molecule has 0 atom stereocenters. The summed E-state index contributed by atoms with van der Waals surface area (Å²) in [6.07, 6.45) is 1.28. The molecule has 0 unspecified atom stereocenters. The first kappa shape index (κ1) is 13.9. The van der Waals surface area contributed by atoms with Gasteiger partial charge >= 0.3 is 0 Å². The van der Waals surface area contributed by atoms with Gasteiger partial charge in [0.25, 0.3) is 10.0 Å². The van der Waals surface area contributed by atoms with Crippen LogP contribution in [0.2, 0.25) is 5.02 Å². The van der Waals surface area contributed by atoms with E-state index < -0.39 is 15.8 Å². The molecule has 1 heterocycles. The van der Waals surface area contributed by atoms with E-state index in [0.717, 1.165) is 6.07 Å². The number of benzene rings is 1. The van der Waals surface area contributed by atoms with Crippen molar-refractivity contribution >= 4 is 27.3 Å². The number of anilines is 1. The minimum Gasteiger partial charge on any atom is -0.363 e. The summed E-state index contributed by atoms with van der Waals surface area (Å²) < 4.78 is 39.7. The zero-order valence-corrected chi connectivity index (χ0v) is 11.2. The monoisotopic (exact) mass is 303 g/mol. The van der Waals surface area contributed by atoms with Crippen LogP contribution >= 0.6 is 11.6 Å². The van der Waals surface area contributed by atoms with Crippen molar-refractivity contribution in [3.05, 3.63) is 47.0 Å². The molecule has 0 fully saturated rings. The SMILES string of the molecule is NCc1cc(S(=O)(=O)Nc2c(F)cccc2Cl)c[nH]1. The summed E-state index contributed by atoms with van der Waals surface area (Å²) in [5, 5.41) is -0.0156. The largest absolute Gasteiger partial charge is 0.363 e. The van der Waals surface area contributed by atoms with Crippen LogP contribution in [0.1, 0.15) is 5.69 Å². The van der Waals surface area contributed by atoms with E-state index in [9.17, 15) is 12.8 Å². The Morgan fingerprint density at radius 2 is 2.16 bits per heavy atom. The number of halogens is 2. The van der Waals surface area contributed by atoms with Crippen LogP contribution in [0.15, 0.2) is 35.4 Å². The number of H-pyrrole nitrogens is 1. The lowest BCUT2D eigenvalue weighted by Crippen LogP contribution is -2.13. The Hall–Kier alpha value is -1.57. The van der Waals surface area contributed by atoms with Crippen LogP contribution in [0.25, 0.3) is 0 Å². The van der Waals surface area contributed by atoms with E-state index in [1.165, 1.54) is 24.4 Å². The third-order valence-electron chi connectivity index (χ3n) is 2.45. The molecular weight excluding hydrogens is 293 g/mol. The summed E-state index contributed by atoms with van der Waals surface area (Å²) in [6, 6.07) is 5.27. The second-order valence-corrected chi connectivity index (χ2v) is 5.86. The Morgan fingerprint density at radius 3 is 2.74 bits per heavy atom. The molecule has 0 amide bonds. The minimum absolute atomic E-state index is 0.0156. The average Bonchev–Trinajstić information content (AvgIpc) is 2.83. The van der Waals surface area contributed by atoms with Crippen molar-refractivity contribution in [3.63, 3.8) is 0 Å². The number of para-hydroxylation sites is 1. The topological polar surface area (TPSA) is 88.0 Å². The van der Waals surface area contributed by atoms with Gasteiger partial charge in [-0.25, -0.2) is 12.8 Å². The van der Waals surface area contributed by atoms with Gasteiger partial charge in [-0.2, -0.15) is 0 Å². The molecule has 2 rings (SSSR count). The molecule has 0 bridgehead atoms. The Balaban J connectivity index is 2.36. The summed E-state index contributed by atoms with van der Waals surface area (Å²) >= 11 is 5.76. The van der Waals surface area contributed by atoms with E-state index in [-0.39, 0.29) is 22.2 Å². The van der Waals surface area contributed by atoms with Gasteiger partial charge in [-0.05, 0) is 18.2 Å². The molecule has 19 heavy (non-hydrogen) atoms. The smallest absolute Gasteiger partial charge is 0.263 e. The Bertz CT molecular complexity index is 679. The van der Waals surface area contributed by atoms with Gasteiger partial charge < -0.3 is 10.7 Å². The molecule has 0 spiro atoms. The lowest BCUT2D eigenvalue weighted by atomic mass is 10.3. The fourth-order valence-corrected chi connectivity index (χ4v) is 2.85. The maximum absolute atomic E-state index is 13.5. The summed E-state index contributed by atoms with van der Waals surface area (Å²) in [5.74, 6) is -0.745. The van der Waals surface area contributed by atoms with Gasteiger partial charge in [0.2, 0.25) is 0 Å². The first-order chi connectivity index (χ1) is 8.94. The lowest BCUT2D eigenvalue weighted by molar-refractivity contribution is 0.598. The normalized spacial score (nSPS) is 11.5. The van der Waals surface area contributed by atoms with Crippen LogP contribution in [0.3, 0.4) is 0 Å². The van der Waals surface area contributed by atoms with Gasteiger partial charge in [-0.15, -0.1) is 0 Å². The quantitative estimate of drug-likeness (QED) is 0.808. The molecular formula is C11H11ClFN3O2S. The van der Waals surface area contributed by atoms with Crippen molar-refractivity contribution in [3.8, 4) is 0 Å². The summed E-state index contributed by atoms with van der Waals surface area (Å²) in [7, 11) is -3.91. The van der Waals surface area contributed by atoms with Gasteiger partial charge in [0.1, 0.15) is 16.4 Å². The minimum atomic E-state index is -3.91. The van der Waals surface area contributed by atoms with Crippen molar-refractivity contribution < 1.29 is 12.8 Å². The van der Waals surface area contributed by atoms with E-state index in [1.807, 2.05) is 0 Å². The molecule has 0 aliphatic heterocycles.